The Hall–Kier alpha value is -4.22. The molecule has 2 aliphatic heterocycles. The zero-order valence-electron chi connectivity index (χ0n) is 26.0. The summed E-state index contributed by atoms with van der Waals surface area (Å²) in [6, 6.07) is 8.46. The number of nitrogens with zero attached hydrogens (tertiary/aromatic N) is 5. The van der Waals surface area contributed by atoms with Gasteiger partial charge in [0.25, 0.3) is 5.92 Å². The lowest BCUT2D eigenvalue weighted by atomic mass is 9.93. The highest BCUT2D eigenvalue weighted by molar-refractivity contribution is 5.86. The summed E-state index contributed by atoms with van der Waals surface area (Å²) >= 11 is 0. The summed E-state index contributed by atoms with van der Waals surface area (Å²) in [5.41, 5.74) is 0.658. The SMILES string of the molecule is CC(C)(C)OC(=O)NCCC1CCN(c2cc(N3CC(F)(F)C[C@H]3C(=O)NCCc3ccc(C#N)cc3)nc(C(F)(F)F)n2)CC1. The third-order valence-electron chi connectivity index (χ3n) is 7.77. The maximum absolute atomic E-state index is 14.7. The topological polar surface area (TPSA) is 123 Å². The van der Waals surface area contributed by atoms with Gasteiger partial charge in [0.2, 0.25) is 11.7 Å². The van der Waals surface area contributed by atoms with Crippen LogP contribution < -0.4 is 20.4 Å². The number of anilines is 2. The summed E-state index contributed by atoms with van der Waals surface area (Å²) in [7, 11) is 0. The van der Waals surface area contributed by atoms with Crippen LogP contribution >= 0.6 is 0 Å². The lowest BCUT2D eigenvalue weighted by Gasteiger charge is -2.34. The van der Waals surface area contributed by atoms with Crippen molar-refractivity contribution < 1.29 is 36.3 Å². The monoisotopic (exact) mass is 651 g/mol. The molecule has 2 fully saturated rings. The van der Waals surface area contributed by atoms with Crippen LogP contribution in [-0.2, 0) is 22.1 Å². The minimum Gasteiger partial charge on any atom is -0.444 e. The molecule has 15 heteroatoms. The molecule has 2 aliphatic rings. The number of piperidine rings is 1. The van der Waals surface area contributed by atoms with E-state index in [-0.39, 0.29) is 18.3 Å². The number of rotatable bonds is 9. The van der Waals surface area contributed by atoms with Crippen molar-refractivity contribution in [3.8, 4) is 6.07 Å². The molecule has 0 saturated carbocycles. The van der Waals surface area contributed by atoms with Gasteiger partial charge in [0, 0.05) is 38.7 Å². The first kappa shape index (κ1) is 34.6. The number of hydrogen-bond donors (Lipinski definition) is 2. The molecule has 4 rings (SSSR count). The predicted octanol–water partition coefficient (Wildman–Crippen LogP) is 5.07. The molecule has 2 N–H and O–H groups in total. The van der Waals surface area contributed by atoms with Crippen molar-refractivity contribution in [2.45, 2.75) is 76.6 Å². The molecule has 0 bridgehead atoms. The first-order chi connectivity index (χ1) is 21.5. The third-order valence-corrected chi connectivity index (χ3v) is 7.77. The molecule has 46 heavy (non-hydrogen) atoms. The Morgan fingerprint density at radius 2 is 1.70 bits per heavy atom. The van der Waals surface area contributed by atoms with E-state index in [1.54, 1.807) is 49.9 Å². The van der Waals surface area contributed by atoms with E-state index >= 15 is 0 Å². The minimum absolute atomic E-state index is 0.0576. The van der Waals surface area contributed by atoms with Crippen LogP contribution in [0.5, 0.6) is 0 Å². The average molecular weight is 652 g/mol. The van der Waals surface area contributed by atoms with Crippen LogP contribution in [0.3, 0.4) is 0 Å². The number of nitrogens with one attached hydrogen (secondary N) is 2. The number of benzene rings is 1. The van der Waals surface area contributed by atoms with Gasteiger partial charge in [-0.2, -0.15) is 18.4 Å². The van der Waals surface area contributed by atoms with Gasteiger partial charge in [-0.3, -0.25) is 4.79 Å². The Morgan fingerprint density at radius 1 is 1.04 bits per heavy atom. The Bertz CT molecular complexity index is 1420. The molecule has 2 saturated heterocycles. The van der Waals surface area contributed by atoms with Crippen LogP contribution in [0.1, 0.15) is 63.4 Å². The Kier molecular flexibility index (Phi) is 10.6. The number of ether oxygens (including phenoxy) is 1. The molecule has 1 aromatic carbocycles. The number of amides is 2. The zero-order chi connectivity index (χ0) is 33.7. The maximum atomic E-state index is 14.7. The average Bonchev–Trinajstić information content (AvgIpc) is 3.31. The van der Waals surface area contributed by atoms with E-state index in [0.29, 0.717) is 50.9 Å². The lowest BCUT2D eigenvalue weighted by molar-refractivity contribution is -0.144. The standard InChI is InChI=1S/C31H38F5N7O3/c1-29(2,3)46-28(45)39-13-9-21-10-14-42(15-11-21)24-16-25(41-27(40-24)31(34,35)36)43-19-30(32,33)17-23(43)26(44)38-12-8-20-4-6-22(18-37)7-5-20/h4-7,16,21,23H,8-15,17,19H2,1-3H3,(H,38,44)(H,39,45)/t23-/m0/s1. The van der Waals surface area contributed by atoms with Crippen LogP contribution in [0.25, 0.3) is 0 Å². The summed E-state index contributed by atoms with van der Waals surface area (Å²) < 4.78 is 76.2. The van der Waals surface area contributed by atoms with Crippen molar-refractivity contribution in [3.05, 3.63) is 47.3 Å². The smallest absolute Gasteiger partial charge is 0.444 e. The summed E-state index contributed by atoms with van der Waals surface area (Å²) in [5, 5.41) is 14.3. The molecule has 0 radical (unpaired) electrons. The van der Waals surface area contributed by atoms with Crippen molar-refractivity contribution in [2.75, 3.05) is 42.5 Å². The van der Waals surface area contributed by atoms with Gasteiger partial charge in [0.1, 0.15) is 23.3 Å². The molecule has 0 spiro atoms. The number of carbonyl (C=O) groups is 2. The highest BCUT2D eigenvalue weighted by atomic mass is 19.4. The Balaban J connectivity index is 1.43. The van der Waals surface area contributed by atoms with Gasteiger partial charge in [-0.15, -0.1) is 0 Å². The van der Waals surface area contributed by atoms with E-state index in [1.165, 1.54) is 6.07 Å². The highest BCUT2D eigenvalue weighted by Crippen LogP contribution is 2.38. The normalized spacial score (nSPS) is 18.6. The summed E-state index contributed by atoms with van der Waals surface area (Å²) in [6.45, 7) is 5.52. The minimum atomic E-state index is -4.95. The van der Waals surface area contributed by atoms with Crippen LogP contribution in [0.15, 0.2) is 30.3 Å². The molecule has 3 heterocycles. The number of aromatic nitrogens is 2. The van der Waals surface area contributed by atoms with Crippen molar-refractivity contribution in [3.63, 3.8) is 0 Å². The first-order valence-electron chi connectivity index (χ1n) is 15.1. The third kappa shape index (κ3) is 9.64. The summed E-state index contributed by atoms with van der Waals surface area (Å²) in [5.74, 6) is -5.81. The van der Waals surface area contributed by atoms with Crippen molar-refractivity contribution >= 4 is 23.6 Å². The van der Waals surface area contributed by atoms with Crippen LogP contribution in [0.2, 0.25) is 0 Å². The number of hydrogen-bond acceptors (Lipinski definition) is 8. The molecule has 2 aromatic rings. The van der Waals surface area contributed by atoms with Crippen LogP contribution in [0, 0.1) is 17.2 Å². The van der Waals surface area contributed by atoms with Gasteiger partial charge >= 0.3 is 12.3 Å². The quantitative estimate of drug-likeness (QED) is 0.361. The van der Waals surface area contributed by atoms with Gasteiger partial charge in [-0.1, -0.05) is 12.1 Å². The van der Waals surface area contributed by atoms with Gasteiger partial charge in [-0.05, 0) is 70.1 Å². The van der Waals surface area contributed by atoms with Gasteiger partial charge < -0.3 is 25.2 Å². The zero-order valence-corrected chi connectivity index (χ0v) is 26.0. The summed E-state index contributed by atoms with van der Waals surface area (Å²) in [4.78, 5) is 34.9. The maximum Gasteiger partial charge on any atom is 0.451 e. The van der Waals surface area contributed by atoms with E-state index < -0.39 is 60.3 Å². The van der Waals surface area contributed by atoms with Crippen LogP contribution in [-0.4, -0.2) is 72.3 Å². The van der Waals surface area contributed by atoms with Gasteiger partial charge in [0.15, 0.2) is 0 Å². The molecule has 2 amide bonds. The number of carbonyl (C=O) groups excluding carboxylic acids is 2. The molecule has 1 atom stereocenters. The molecule has 0 aliphatic carbocycles. The number of halogens is 5. The Morgan fingerprint density at radius 3 is 2.30 bits per heavy atom. The van der Waals surface area contributed by atoms with Crippen molar-refractivity contribution in [1.82, 2.24) is 20.6 Å². The second kappa shape index (κ2) is 14.0. The summed E-state index contributed by atoms with van der Waals surface area (Å²) in [6.07, 6.45) is -4.10. The lowest BCUT2D eigenvalue weighted by Crippen LogP contribution is -2.44. The highest BCUT2D eigenvalue weighted by Gasteiger charge is 2.49. The fourth-order valence-corrected chi connectivity index (χ4v) is 5.49. The first-order valence-corrected chi connectivity index (χ1v) is 15.1. The number of alkyl halides is 5. The van der Waals surface area contributed by atoms with E-state index in [2.05, 4.69) is 20.6 Å². The largest absolute Gasteiger partial charge is 0.451 e. The number of nitriles is 1. The van der Waals surface area contributed by atoms with E-state index in [1.807, 2.05) is 6.07 Å². The molecule has 10 nitrogen and oxygen atoms in total. The van der Waals surface area contributed by atoms with E-state index in [9.17, 15) is 31.5 Å². The van der Waals surface area contributed by atoms with Crippen molar-refractivity contribution in [1.29, 1.82) is 5.26 Å². The van der Waals surface area contributed by atoms with E-state index in [0.717, 1.165) is 10.5 Å². The molecular weight excluding hydrogens is 613 g/mol. The van der Waals surface area contributed by atoms with Crippen molar-refractivity contribution in [2.24, 2.45) is 5.92 Å². The molecule has 0 unspecified atom stereocenters. The molecule has 1 aromatic heterocycles. The van der Waals surface area contributed by atoms with Gasteiger partial charge in [0.05, 0.1) is 18.2 Å². The van der Waals surface area contributed by atoms with E-state index in [4.69, 9.17) is 10.00 Å². The van der Waals surface area contributed by atoms with Gasteiger partial charge in [-0.25, -0.2) is 23.5 Å². The van der Waals surface area contributed by atoms with Crippen LogP contribution in [0.4, 0.5) is 38.4 Å². The molecular formula is C31H38F5N7O3. The second-order valence-electron chi connectivity index (χ2n) is 12.6. The fourth-order valence-electron chi connectivity index (χ4n) is 5.49. The predicted molar refractivity (Wildman–Crippen MR) is 159 cm³/mol. The fraction of sp³-hybridized carbons (Fsp3) is 0.581. The second-order valence-corrected chi connectivity index (χ2v) is 12.6. The molecule has 250 valence electrons. The Labute approximate surface area is 264 Å². The number of alkyl carbamates (subject to hydrolysis) is 1.